The minimum absolute atomic E-state index is 0.0933. The number of aromatic nitrogens is 1. The van der Waals surface area contributed by atoms with Crippen molar-refractivity contribution in [1.29, 1.82) is 0 Å². The topological polar surface area (TPSA) is 12.9 Å². The van der Waals surface area contributed by atoms with Crippen LogP contribution in [0.15, 0.2) is 72.8 Å². The average Bonchev–Trinajstić information content (AvgIpc) is 2.55. The Labute approximate surface area is 132 Å². The van der Waals surface area contributed by atoms with Crippen LogP contribution < -0.4 is 0 Å². The Kier molecular flexibility index (Phi) is 3.81. The third-order valence-corrected chi connectivity index (χ3v) is 3.83. The quantitative estimate of drug-likeness (QED) is 0.588. The zero-order valence-electron chi connectivity index (χ0n) is 13.4. The number of hydrogen-bond donors (Lipinski definition) is 0. The smallest absolute Gasteiger partial charge is 0.0712 e. The van der Waals surface area contributed by atoms with Crippen molar-refractivity contribution in [1.82, 2.24) is 4.98 Å². The zero-order chi connectivity index (χ0) is 15.6. The lowest BCUT2D eigenvalue weighted by Gasteiger charge is -2.21. The van der Waals surface area contributed by atoms with Gasteiger partial charge >= 0.3 is 0 Å². The van der Waals surface area contributed by atoms with E-state index in [2.05, 4.69) is 81.4 Å². The normalized spacial score (nSPS) is 11.4. The van der Waals surface area contributed by atoms with Gasteiger partial charge in [0.2, 0.25) is 0 Å². The molecule has 0 aliphatic carbocycles. The molecule has 1 heterocycles. The summed E-state index contributed by atoms with van der Waals surface area (Å²) in [5.74, 6) is 0. The molecule has 2 aromatic carbocycles. The number of rotatable bonds is 2. The lowest BCUT2D eigenvalue weighted by molar-refractivity contribution is 0.590. The summed E-state index contributed by atoms with van der Waals surface area (Å²) in [6.07, 6.45) is 0. The maximum absolute atomic E-state index is 4.89. The van der Waals surface area contributed by atoms with Crippen LogP contribution in [0.2, 0.25) is 0 Å². The summed E-state index contributed by atoms with van der Waals surface area (Å²) in [5.41, 5.74) is 5.78. The molecule has 0 aliphatic rings. The molecule has 110 valence electrons. The number of pyridine rings is 1. The molecule has 0 saturated heterocycles. The summed E-state index contributed by atoms with van der Waals surface area (Å²) >= 11 is 0. The summed E-state index contributed by atoms with van der Waals surface area (Å²) in [7, 11) is 0. The summed E-state index contributed by atoms with van der Waals surface area (Å²) in [6.45, 7) is 6.73. The highest BCUT2D eigenvalue weighted by Crippen LogP contribution is 2.30. The molecule has 0 spiro atoms. The van der Waals surface area contributed by atoms with E-state index in [9.17, 15) is 0 Å². The van der Waals surface area contributed by atoms with Crippen molar-refractivity contribution in [3.8, 4) is 22.5 Å². The van der Waals surface area contributed by atoms with E-state index in [0.717, 1.165) is 22.5 Å². The van der Waals surface area contributed by atoms with E-state index in [1.54, 1.807) is 0 Å². The van der Waals surface area contributed by atoms with E-state index in [1.165, 1.54) is 5.56 Å². The van der Waals surface area contributed by atoms with E-state index in [4.69, 9.17) is 4.98 Å². The van der Waals surface area contributed by atoms with Crippen LogP contribution in [0.3, 0.4) is 0 Å². The van der Waals surface area contributed by atoms with E-state index in [0.29, 0.717) is 0 Å². The molecule has 1 aromatic heterocycles. The summed E-state index contributed by atoms with van der Waals surface area (Å²) in [5, 5.41) is 0. The van der Waals surface area contributed by atoms with Crippen LogP contribution in [0.4, 0.5) is 0 Å². The summed E-state index contributed by atoms with van der Waals surface area (Å²) in [4.78, 5) is 4.89. The Morgan fingerprint density at radius 3 is 1.41 bits per heavy atom. The van der Waals surface area contributed by atoms with Gasteiger partial charge in [0.15, 0.2) is 0 Å². The van der Waals surface area contributed by atoms with Crippen molar-refractivity contribution in [2.45, 2.75) is 26.2 Å². The van der Waals surface area contributed by atoms with Gasteiger partial charge in [-0.2, -0.15) is 0 Å². The molecule has 1 heteroatoms. The molecule has 0 fully saturated rings. The fourth-order valence-electron chi connectivity index (χ4n) is 2.48. The number of benzene rings is 2. The van der Waals surface area contributed by atoms with E-state index >= 15 is 0 Å². The first kappa shape index (κ1) is 14.5. The van der Waals surface area contributed by atoms with E-state index in [-0.39, 0.29) is 5.41 Å². The maximum atomic E-state index is 4.89. The molecule has 0 amide bonds. The molecule has 1 nitrogen and oxygen atoms in total. The molecule has 0 radical (unpaired) electrons. The second-order valence-electron chi connectivity index (χ2n) is 6.61. The van der Waals surface area contributed by atoms with E-state index in [1.807, 2.05) is 12.1 Å². The fraction of sp³-hybridized carbons (Fsp3) is 0.190. The van der Waals surface area contributed by atoms with Crippen molar-refractivity contribution in [2.24, 2.45) is 0 Å². The minimum Gasteiger partial charge on any atom is -0.248 e. The first-order valence-electron chi connectivity index (χ1n) is 7.67. The van der Waals surface area contributed by atoms with Gasteiger partial charge in [0, 0.05) is 11.1 Å². The van der Waals surface area contributed by atoms with Crippen LogP contribution in [0.25, 0.3) is 22.5 Å². The standard InChI is InChI=1S/C21H21N/c1-21(2,3)18-14-19(16-10-6-4-7-11-16)22-20(15-18)17-12-8-5-9-13-17/h4-15H,1-3H3. The van der Waals surface area contributed by atoms with Gasteiger partial charge in [-0.3, -0.25) is 0 Å². The molecule has 0 N–H and O–H groups in total. The van der Waals surface area contributed by atoms with Crippen molar-refractivity contribution in [3.63, 3.8) is 0 Å². The molecule has 0 bridgehead atoms. The van der Waals surface area contributed by atoms with Crippen LogP contribution in [0.1, 0.15) is 26.3 Å². The first-order chi connectivity index (χ1) is 10.5. The molecule has 3 aromatic rings. The fourth-order valence-corrected chi connectivity index (χ4v) is 2.48. The van der Waals surface area contributed by atoms with Crippen LogP contribution in [-0.2, 0) is 5.41 Å². The van der Waals surface area contributed by atoms with Gasteiger partial charge in [0.05, 0.1) is 11.4 Å². The van der Waals surface area contributed by atoms with Crippen molar-refractivity contribution in [2.75, 3.05) is 0 Å². The Morgan fingerprint density at radius 1 is 0.636 bits per heavy atom. The van der Waals surface area contributed by atoms with Crippen molar-refractivity contribution >= 4 is 0 Å². The van der Waals surface area contributed by atoms with Gasteiger partial charge in [0.25, 0.3) is 0 Å². The van der Waals surface area contributed by atoms with Crippen LogP contribution in [-0.4, -0.2) is 4.98 Å². The minimum atomic E-state index is 0.0933. The summed E-state index contributed by atoms with van der Waals surface area (Å²) < 4.78 is 0. The second-order valence-corrected chi connectivity index (χ2v) is 6.61. The highest BCUT2D eigenvalue weighted by Gasteiger charge is 2.17. The van der Waals surface area contributed by atoms with Gasteiger partial charge in [-0.05, 0) is 23.1 Å². The first-order valence-corrected chi connectivity index (χ1v) is 7.67. The van der Waals surface area contributed by atoms with Gasteiger partial charge in [-0.15, -0.1) is 0 Å². The average molecular weight is 287 g/mol. The van der Waals surface area contributed by atoms with Crippen LogP contribution >= 0.6 is 0 Å². The summed E-state index contributed by atoms with van der Waals surface area (Å²) in [6, 6.07) is 25.2. The lowest BCUT2D eigenvalue weighted by atomic mass is 9.85. The predicted molar refractivity (Wildman–Crippen MR) is 93.8 cm³/mol. The Morgan fingerprint density at radius 2 is 1.05 bits per heavy atom. The van der Waals surface area contributed by atoms with Crippen LogP contribution in [0.5, 0.6) is 0 Å². The molecule has 0 unspecified atom stereocenters. The van der Waals surface area contributed by atoms with Gasteiger partial charge in [-0.25, -0.2) is 4.98 Å². The van der Waals surface area contributed by atoms with Gasteiger partial charge in [-0.1, -0.05) is 81.4 Å². The van der Waals surface area contributed by atoms with Gasteiger partial charge in [0.1, 0.15) is 0 Å². The Bertz CT molecular complexity index is 695. The van der Waals surface area contributed by atoms with E-state index < -0.39 is 0 Å². The Balaban J connectivity index is 2.19. The van der Waals surface area contributed by atoms with Gasteiger partial charge < -0.3 is 0 Å². The molecule has 22 heavy (non-hydrogen) atoms. The van der Waals surface area contributed by atoms with Crippen LogP contribution in [0, 0.1) is 0 Å². The third-order valence-electron chi connectivity index (χ3n) is 3.83. The predicted octanol–water partition coefficient (Wildman–Crippen LogP) is 5.71. The SMILES string of the molecule is CC(C)(C)c1cc(-c2ccccc2)nc(-c2ccccc2)c1. The largest absolute Gasteiger partial charge is 0.248 e. The molecule has 0 aliphatic heterocycles. The number of nitrogens with zero attached hydrogens (tertiary/aromatic N) is 1. The van der Waals surface area contributed by atoms with Crippen molar-refractivity contribution in [3.05, 3.63) is 78.4 Å². The van der Waals surface area contributed by atoms with Crippen molar-refractivity contribution < 1.29 is 0 Å². The lowest BCUT2D eigenvalue weighted by Crippen LogP contribution is -2.12. The Hall–Kier alpha value is -2.41. The maximum Gasteiger partial charge on any atom is 0.0712 e. The molecular formula is C21H21N. The third kappa shape index (κ3) is 3.09. The monoisotopic (exact) mass is 287 g/mol. The molecule has 0 atom stereocenters. The highest BCUT2D eigenvalue weighted by molar-refractivity contribution is 5.67. The second kappa shape index (κ2) is 5.76. The molecule has 0 saturated carbocycles. The molecular weight excluding hydrogens is 266 g/mol. The zero-order valence-corrected chi connectivity index (χ0v) is 13.4. The highest BCUT2D eigenvalue weighted by atomic mass is 14.7. The molecule has 3 rings (SSSR count). The number of hydrogen-bond acceptors (Lipinski definition) is 1.